The van der Waals surface area contributed by atoms with Gasteiger partial charge >= 0.3 is 5.91 Å². The molecule has 1 N–H and O–H groups in total. The number of imidazole rings is 1. The predicted molar refractivity (Wildman–Crippen MR) is 184 cm³/mol. The van der Waals surface area contributed by atoms with Crippen molar-refractivity contribution >= 4 is 62.9 Å². The molecule has 1 atom stereocenters. The highest BCUT2D eigenvalue weighted by Gasteiger charge is 2.49. The van der Waals surface area contributed by atoms with Gasteiger partial charge in [-0.3, -0.25) is 14.5 Å². The summed E-state index contributed by atoms with van der Waals surface area (Å²) in [5.41, 5.74) is 3.72. The lowest BCUT2D eigenvalue weighted by molar-refractivity contribution is -0.132. The molecular formula is C34H32ClN5O5S2. The van der Waals surface area contributed by atoms with Gasteiger partial charge in [0, 0.05) is 17.0 Å². The molecule has 10 nitrogen and oxygen atoms in total. The van der Waals surface area contributed by atoms with Gasteiger partial charge in [0.15, 0.2) is 21.6 Å². The minimum atomic E-state index is -1.05. The standard InChI is InChI=1S/C34H32ClN5O5S2/c1-5-16-45-24-14-13-21(17-25(24)44-6-2)28-26(29(41)27-20(4)39-15-9-10-19(3)31(39)36-27)30(42)32(43)40(28)33-37-38-34(47-33)46-18-22-11-7-8-12-23(22)35/h7-15,17,28,41H,5-6,16,18H2,1-4H3. The number of ketones is 1. The van der Waals surface area contributed by atoms with Crippen molar-refractivity contribution in [3.05, 3.63) is 99.5 Å². The first-order valence-corrected chi connectivity index (χ1v) is 17.3. The van der Waals surface area contributed by atoms with Crippen molar-refractivity contribution in [2.45, 2.75) is 50.3 Å². The molecule has 0 radical (unpaired) electrons. The number of pyridine rings is 1. The number of rotatable bonds is 11. The van der Waals surface area contributed by atoms with Crippen LogP contribution in [0.1, 0.15) is 54.4 Å². The maximum Gasteiger partial charge on any atom is 0.301 e. The molecule has 1 saturated heterocycles. The first-order valence-electron chi connectivity index (χ1n) is 15.1. The van der Waals surface area contributed by atoms with Crippen LogP contribution in [0, 0.1) is 13.8 Å². The number of aliphatic hydroxyl groups is 1. The zero-order valence-electron chi connectivity index (χ0n) is 26.2. The van der Waals surface area contributed by atoms with Crippen molar-refractivity contribution in [1.29, 1.82) is 0 Å². The van der Waals surface area contributed by atoms with Gasteiger partial charge in [0.05, 0.1) is 30.5 Å². The minimum Gasteiger partial charge on any atom is -0.505 e. The summed E-state index contributed by atoms with van der Waals surface area (Å²) in [5, 5.41) is 21.4. The SMILES string of the molecule is CCCOc1ccc(C2C(=C(O)c3nc4c(C)cccn4c3C)C(=O)C(=O)N2c2nnc(SCc3ccccc3Cl)s2)cc1OCC. The van der Waals surface area contributed by atoms with E-state index in [1.807, 2.05) is 67.8 Å². The zero-order valence-corrected chi connectivity index (χ0v) is 28.6. The van der Waals surface area contributed by atoms with Gasteiger partial charge < -0.3 is 19.0 Å². The number of halogens is 1. The van der Waals surface area contributed by atoms with Crippen molar-refractivity contribution in [1.82, 2.24) is 19.6 Å². The fourth-order valence-electron chi connectivity index (χ4n) is 5.43. The first-order chi connectivity index (χ1) is 22.7. The normalized spacial score (nSPS) is 15.9. The van der Waals surface area contributed by atoms with Crippen molar-refractivity contribution in [2.75, 3.05) is 18.1 Å². The Morgan fingerprint density at radius 2 is 1.85 bits per heavy atom. The number of aromatic nitrogens is 4. The topological polar surface area (TPSA) is 119 Å². The summed E-state index contributed by atoms with van der Waals surface area (Å²) in [6, 6.07) is 15.5. The van der Waals surface area contributed by atoms with Crippen molar-refractivity contribution in [2.24, 2.45) is 0 Å². The van der Waals surface area contributed by atoms with Crippen LogP contribution in [0.15, 0.2) is 70.7 Å². The fourth-order valence-corrected chi connectivity index (χ4v) is 7.58. The van der Waals surface area contributed by atoms with E-state index in [-0.39, 0.29) is 22.2 Å². The van der Waals surface area contributed by atoms with Gasteiger partial charge in [-0.1, -0.05) is 72.0 Å². The van der Waals surface area contributed by atoms with Crippen LogP contribution in [0.3, 0.4) is 0 Å². The number of ether oxygens (including phenoxy) is 2. The number of anilines is 1. The van der Waals surface area contributed by atoms with Crippen molar-refractivity contribution < 1.29 is 24.2 Å². The van der Waals surface area contributed by atoms with Crippen LogP contribution in [0.2, 0.25) is 5.02 Å². The van der Waals surface area contributed by atoms with Gasteiger partial charge in [-0.2, -0.15) is 0 Å². The molecule has 3 aromatic heterocycles. The second-order valence-corrected chi connectivity index (χ2v) is 13.4. The molecule has 0 bridgehead atoms. The molecule has 5 aromatic rings. The number of fused-ring (bicyclic) bond motifs is 1. The van der Waals surface area contributed by atoms with Gasteiger partial charge in [-0.05, 0) is 68.1 Å². The Morgan fingerprint density at radius 1 is 1.04 bits per heavy atom. The van der Waals surface area contributed by atoms with Crippen LogP contribution in [-0.2, 0) is 15.3 Å². The van der Waals surface area contributed by atoms with E-state index in [0.717, 1.165) is 17.5 Å². The lowest BCUT2D eigenvalue weighted by atomic mass is 9.96. The summed E-state index contributed by atoms with van der Waals surface area (Å²) in [6.45, 7) is 8.45. The number of hydrogen-bond acceptors (Lipinski definition) is 10. The Bertz CT molecular complexity index is 2020. The van der Waals surface area contributed by atoms with Crippen LogP contribution >= 0.6 is 34.7 Å². The molecule has 1 aliphatic heterocycles. The summed E-state index contributed by atoms with van der Waals surface area (Å²) >= 11 is 8.95. The van der Waals surface area contributed by atoms with E-state index in [1.165, 1.54) is 28.0 Å². The smallest absolute Gasteiger partial charge is 0.301 e. The Morgan fingerprint density at radius 3 is 2.60 bits per heavy atom. The number of nitrogens with zero attached hydrogens (tertiary/aromatic N) is 5. The predicted octanol–water partition coefficient (Wildman–Crippen LogP) is 7.56. The molecule has 0 saturated carbocycles. The molecule has 4 heterocycles. The maximum absolute atomic E-state index is 13.9. The van der Waals surface area contributed by atoms with E-state index in [9.17, 15) is 14.7 Å². The van der Waals surface area contributed by atoms with E-state index >= 15 is 0 Å². The number of Topliss-reactive ketones (excluding diaryl/α,β-unsaturated/α-hetero) is 1. The van der Waals surface area contributed by atoms with Gasteiger partial charge in [-0.25, -0.2) is 4.98 Å². The lowest BCUT2D eigenvalue weighted by Gasteiger charge is -2.23. The molecule has 1 amide bonds. The molecule has 47 heavy (non-hydrogen) atoms. The molecule has 242 valence electrons. The molecule has 0 aliphatic carbocycles. The maximum atomic E-state index is 13.9. The average molecular weight is 690 g/mol. The van der Waals surface area contributed by atoms with Crippen molar-refractivity contribution in [3.63, 3.8) is 0 Å². The molecule has 0 spiro atoms. The second kappa shape index (κ2) is 13.8. The Kier molecular flexibility index (Phi) is 9.53. The number of carbonyl (C=O) groups excluding carboxylic acids is 2. The highest BCUT2D eigenvalue weighted by molar-refractivity contribution is 8.00. The van der Waals surface area contributed by atoms with Crippen LogP contribution in [-0.4, -0.2) is 49.6 Å². The monoisotopic (exact) mass is 689 g/mol. The first kappa shape index (κ1) is 32.5. The molecule has 2 aromatic carbocycles. The largest absolute Gasteiger partial charge is 0.505 e. The average Bonchev–Trinajstić information content (AvgIpc) is 3.75. The molecule has 6 rings (SSSR count). The van der Waals surface area contributed by atoms with Crippen LogP contribution in [0.25, 0.3) is 11.4 Å². The van der Waals surface area contributed by atoms with E-state index in [1.54, 1.807) is 25.1 Å². The highest BCUT2D eigenvalue weighted by atomic mass is 35.5. The lowest BCUT2D eigenvalue weighted by Crippen LogP contribution is -2.29. The quantitative estimate of drug-likeness (QED) is 0.0493. The van der Waals surface area contributed by atoms with Gasteiger partial charge in [0.2, 0.25) is 5.13 Å². The Hall–Kier alpha value is -4.39. The third-order valence-corrected chi connectivity index (χ3v) is 10.2. The van der Waals surface area contributed by atoms with Gasteiger partial charge in [-0.15, -0.1) is 10.2 Å². The van der Waals surface area contributed by atoms with Crippen LogP contribution < -0.4 is 14.4 Å². The molecular weight excluding hydrogens is 658 g/mol. The number of benzene rings is 2. The third kappa shape index (κ3) is 6.20. The van der Waals surface area contributed by atoms with Gasteiger partial charge in [0.1, 0.15) is 11.3 Å². The summed E-state index contributed by atoms with van der Waals surface area (Å²) in [6.07, 6.45) is 2.64. The number of aliphatic hydroxyl groups excluding tert-OH is 1. The third-order valence-electron chi connectivity index (χ3n) is 7.71. The summed E-state index contributed by atoms with van der Waals surface area (Å²) in [4.78, 5) is 33.7. The van der Waals surface area contributed by atoms with Crippen LogP contribution in [0.4, 0.5) is 5.13 Å². The molecule has 1 unspecified atom stereocenters. The van der Waals surface area contributed by atoms with E-state index in [0.29, 0.717) is 56.7 Å². The summed E-state index contributed by atoms with van der Waals surface area (Å²) in [7, 11) is 0. The molecule has 1 fully saturated rings. The minimum absolute atomic E-state index is 0.107. The number of carbonyl (C=O) groups is 2. The van der Waals surface area contributed by atoms with E-state index < -0.39 is 17.7 Å². The van der Waals surface area contributed by atoms with Crippen molar-refractivity contribution in [3.8, 4) is 11.5 Å². The fraction of sp³-hybridized carbons (Fsp3) is 0.265. The summed E-state index contributed by atoms with van der Waals surface area (Å²) in [5.74, 6) is -0.534. The number of hydrogen-bond donors (Lipinski definition) is 1. The Balaban J connectivity index is 1.47. The highest BCUT2D eigenvalue weighted by Crippen LogP contribution is 2.46. The molecule has 1 aliphatic rings. The number of thioether (sulfide) groups is 1. The number of aryl methyl sites for hydroxylation is 2. The van der Waals surface area contributed by atoms with E-state index in [2.05, 4.69) is 15.2 Å². The number of amides is 1. The zero-order chi connectivity index (χ0) is 33.2. The Labute approximate surface area is 285 Å². The molecule has 13 heteroatoms. The van der Waals surface area contributed by atoms with Gasteiger partial charge in [0.25, 0.3) is 5.78 Å². The van der Waals surface area contributed by atoms with Crippen LogP contribution in [0.5, 0.6) is 11.5 Å². The summed E-state index contributed by atoms with van der Waals surface area (Å²) < 4.78 is 14.3. The second-order valence-electron chi connectivity index (χ2n) is 10.8. The van der Waals surface area contributed by atoms with E-state index in [4.69, 9.17) is 21.1 Å².